The van der Waals surface area contributed by atoms with Crippen LogP contribution in [0.5, 0.6) is 5.75 Å². The predicted molar refractivity (Wildman–Crippen MR) is 162 cm³/mol. The van der Waals surface area contributed by atoms with Crippen LogP contribution in [0.3, 0.4) is 0 Å². The normalized spacial score (nSPS) is 19.6. The molecular formula is C32H35F2N7O3. The van der Waals surface area contributed by atoms with Crippen molar-refractivity contribution in [1.82, 2.24) is 19.7 Å². The van der Waals surface area contributed by atoms with E-state index in [4.69, 9.17) is 14.3 Å². The first-order chi connectivity index (χ1) is 21.4. The highest BCUT2D eigenvalue weighted by Crippen LogP contribution is 2.46. The van der Waals surface area contributed by atoms with Gasteiger partial charge in [0.15, 0.2) is 17.5 Å². The van der Waals surface area contributed by atoms with Gasteiger partial charge in [-0.3, -0.25) is 9.52 Å². The molecule has 4 aromatic rings. The van der Waals surface area contributed by atoms with E-state index in [1.54, 1.807) is 23.9 Å². The number of aryl methyl sites for hydroxylation is 1. The lowest BCUT2D eigenvalue weighted by Crippen LogP contribution is -2.33. The van der Waals surface area contributed by atoms with Gasteiger partial charge in [-0.15, -0.1) is 0 Å². The number of nitrogens with zero attached hydrogens (tertiary/aromatic N) is 6. The molecule has 3 aliphatic rings. The summed E-state index contributed by atoms with van der Waals surface area (Å²) in [5.41, 5.74) is 4.33. The molecule has 3 aliphatic heterocycles. The van der Waals surface area contributed by atoms with Crippen LogP contribution in [0, 0.1) is 17.0 Å². The number of hydroxylamine groups is 1. The van der Waals surface area contributed by atoms with E-state index in [1.807, 2.05) is 19.4 Å². The molecular weight excluding hydrogens is 568 g/mol. The minimum Gasteiger partial charge on any atom is -0.494 e. The Morgan fingerprint density at radius 1 is 1.07 bits per heavy atom. The first-order valence-electron chi connectivity index (χ1n) is 14.9. The van der Waals surface area contributed by atoms with Gasteiger partial charge < -0.3 is 19.7 Å². The van der Waals surface area contributed by atoms with E-state index in [-0.39, 0.29) is 11.0 Å². The van der Waals surface area contributed by atoms with Crippen molar-refractivity contribution >= 4 is 23.0 Å². The lowest BCUT2D eigenvalue weighted by atomic mass is 9.80. The number of hydrogen-bond donors (Lipinski definition) is 1. The van der Waals surface area contributed by atoms with Gasteiger partial charge in [0.1, 0.15) is 17.9 Å². The fraction of sp³-hybridized carbons (Fsp3) is 0.406. The van der Waals surface area contributed by atoms with Crippen molar-refractivity contribution in [2.75, 3.05) is 55.3 Å². The second-order valence-electron chi connectivity index (χ2n) is 11.7. The van der Waals surface area contributed by atoms with E-state index in [9.17, 15) is 8.78 Å². The molecule has 1 N–H and O–H groups in total. The maximum absolute atomic E-state index is 14.7. The van der Waals surface area contributed by atoms with E-state index < -0.39 is 17.7 Å². The van der Waals surface area contributed by atoms with Crippen molar-refractivity contribution in [3.05, 3.63) is 72.3 Å². The number of nitrogens with one attached hydrogen (secondary N) is 1. The van der Waals surface area contributed by atoms with E-state index in [0.717, 1.165) is 74.1 Å². The van der Waals surface area contributed by atoms with Crippen LogP contribution in [-0.2, 0) is 16.6 Å². The molecule has 1 spiro atoms. The molecule has 3 fully saturated rings. The number of hydrogen-bond acceptors (Lipinski definition) is 9. The van der Waals surface area contributed by atoms with Gasteiger partial charge in [0.05, 0.1) is 31.6 Å². The number of methoxy groups -OCH3 is 1. The molecule has 3 saturated heterocycles. The number of aromatic nitrogens is 4. The third-order valence-electron chi connectivity index (χ3n) is 9.05. The van der Waals surface area contributed by atoms with Crippen LogP contribution in [0.15, 0.2) is 55.1 Å². The van der Waals surface area contributed by atoms with Gasteiger partial charge in [0.2, 0.25) is 0 Å². The van der Waals surface area contributed by atoms with Crippen molar-refractivity contribution in [2.24, 2.45) is 12.5 Å². The van der Waals surface area contributed by atoms with E-state index in [2.05, 4.69) is 37.4 Å². The van der Waals surface area contributed by atoms with E-state index in [1.165, 1.54) is 17.5 Å². The monoisotopic (exact) mass is 603 g/mol. The number of benzene rings is 2. The van der Waals surface area contributed by atoms with E-state index >= 15 is 0 Å². The van der Waals surface area contributed by atoms with Gasteiger partial charge in [-0.1, -0.05) is 12.1 Å². The third-order valence-corrected chi connectivity index (χ3v) is 9.05. The predicted octanol–water partition coefficient (Wildman–Crippen LogP) is 5.80. The van der Waals surface area contributed by atoms with Gasteiger partial charge in [-0.2, -0.15) is 5.10 Å². The topological polar surface area (TPSA) is 89.8 Å². The minimum absolute atomic E-state index is 0.221. The Balaban J connectivity index is 1.21. The Kier molecular flexibility index (Phi) is 7.55. The van der Waals surface area contributed by atoms with Gasteiger partial charge in [-0.25, -0.2) is 23.8 Å². The second kappa shape index (κ2) is 11.7. The van der Waals surface area contributed by atoms with Crippen molar-refractivity contribution in [3.8, 4) is 16.9 Å². The average Bonchev–Trinajstić information content (AvgIpc) is 3.80. The second-order valence-corrected chi connectivity index (χ2v) is 11.7. The Bertz CT molecular complexity index is 1660. The maximum Gasteiger partial charge on any atom is 0.164 e. The molecule has 0 aliphatic carbocycles. The largest absolute Gasteiger partial charge is 0.494 e. The fourth-order valence-electron chi connectivity index (χ4n) is 6.67. The summed E-state index contributed by atoms with van der Waals surface area (Å²) < 4.78 is 42.1. The van der Waals surface area contributed by atoms with Crippen molar-refractivity contribution in [2.45, 2.75) is 31.7 Å². The first-order valence-corrected chi connectivity index (χ1v) is 14.9. The Morgan fingerprint density at radius 3 is 2.73 bits per heavy atom. The smallest absolute Gasteiger partial charge is 0.164 e. The van der Waals surface area contributed by atoms with Crippen LogP contribution in [0.2, 0.25) is 0 Å². The molecule has 7 rings (SSSR count). The molecule has 0 amide bonds. The summed E-state index contributed by atoms with van der Waals surface area (Å²) in [5.74, 6) is -0.187. The zero-order valence-electron chi connectivity index (χ0n) is 24.8. The van der Waals surface area contributed by atoms with E-state index in [0.29, 0.717) is 30.4 Å². The summed E-state index contributed by atoms with van der Waals surface area (Å²) in [5, 5.41) is 9.36. The highest BCUT2D eigenvalue weighted by Gasteiger charge is 2.40. The molecule has 10 nitrogen and oxygen atoms in total. The molecule has 1 atom stereocenters. The minimum atomic E-state index is -0.892. The Labute approximate surface area is 254 Å². The summed E-state index contributed by atoms with van der Waals surface area (Å²) in [7, 11) is 3.56. The van der Waals surface area contributed by atoms with Gasteiger partial charge in [0.25, 0.3) is 0 Å². The summed E-state index contributed by atoms with van der Waals surface area (Å²) in [4.78, 5) is 17.1. The number of anilines is 4. The molecule has 230 valence electrons. The summed E-state index contributed by atoms with van der Waals surface area (Å²) in [6.07, 6.45) is 9.07. The molecule has 0 radical (unpaired) electrons. The molecule has 0 saturated carbocycles. The van der Waals surface area contributed by atoms with Crippen LogP contribution in [-0.4, -0.2) is 59.8 Å². The maximum atomic E-state index is 14.7. The quantitative estimate of drug-likeness (QED) is 0.282. The van der Waals surface area contributed by atoms with Gasteiger partial charge >= 0.3 is 0 Å². The summed E-state index contributed by atoms with van der Waals surface area (Å²) >= 11 is 0. The highest BCUT2D eigenvalue weighted by molar-refractivity contribution is 5.85. The Morgan fingerprint density at radius 2 is 1.93 bits per heavy atom. The van der Waals surface area contributed by atoms with Crippen LogP contribution in [0.25, 0.3) is 11.1 Å². The average molecular weight is 604 g/mol. The van der Waals surface area contributed by atoms with Crippen molar-refractivity contribution in [1.29, 1.82) is 0 Å². The van der Waals surface area contributed by atoms with Crippen LogP contribution in [0.1, 0.15) is 37.3 Å². The van der Waals surface area contributed by atoms with Crippen molar-refractivity contribution < 1.29 is 23.1 Å². The van der Waals surface area contributed by atoms with Gasteiger partial charge in [0, 0.05) is 80.5 Å². The number of halogens is 2. The van der Waals surface area contributed by atoms with Crippen molar-refractivity contribution in [3.63, 3.8) is 0 Å². The highest BCUT2D eigenvalue weighted by atomic mass is 19.2. The SMILES string of the molecule is COc1cc(N2CCC3(CCOCC3)C2)c(-c2cnn(C)c2)cc1Nc1cc(N2OCC[C@@H]2c2cccc(F)c2F)ncn1. The number of ether oxygens (including phenoxy) is 2. The molecule has 2 aromatic carbocycles. The van der Waals surface area contributed by atoms with Crippen LogP contribution >= 0.6 is 0 Å². The third kappa shape index (κ3) is 5.32. The summed E-state index contributed by atoms with van der Waals surface area (Å²) in [6.45, 7) is 3.91. The summed E-state index contributed by atoms with van der Waals surface area (Å²) in [6, 6.07) is 9.52. The number of rotatable bonds is 7. The molecule has 0 bridgehead atoms. The van der Waals surface area contributed by atoms with Gasteiger partial charge in [-0.05, 0) is 36.8 Å². The molecule has 44 heavy (non-hydrogen) atoms. The lowest BCUT2D eigenvalue weighted by Gasteiger charge is -2.34. The zero-order valence-corrected chi connectivity index (χ0v) is 24.8. The fourth-order valence-corrected chi connectivity index (χ4v) is 6.67. The first kappa shape index (κ1) is 28.5. The Hall–Kier alpha value is -4.29. The van der Waals surface area contributed by atoms with Crippen LogP contribution in [0.4, 0.5) is 31.8 Å². The standard InChI is InChI=1S/C32H35F2N7O3/c1-39-18-21(17-37-39)23-14-25(28(42-2)15-27(23)40-10-7-32(19-40)8-12-43-13-9-32)38-29-16-30(36-20-35-29)41-26(6-11-44-41)22-4-3-5-24(33)31(22)34/h3-5,14-18,20,26H,6-13,19H2,1-2H3,(H,35,36,38)/t26-/m1/s1. The molecule has 5 heterocycles. The molecule has 2 aromatic heterocycles. The molecule has 0 unspecified atom stereocenters. The zero-order chi connectivity index (χ0) is 30.3. The lowest BCUT2D eigenvalue weighted by molar-refractivity contribution is 0.0254. The van der Waals surface area contributed by atoms with Crippen LogP contribution < -0.4 is 20.0 Å². The molecule has 12 heteroatoms.